The number of rotatable bonds is 18. The fraction of sp³-hybridized carbons (Fsp3) is 0.508. The lowest BCUT2D eigenvalue weighted by Gasteiger charge is -2.30. The van der Waals surface area contributed by atoms with Gasteiger partial charge in [0.1, 0.15) is 134 Å². The van der Waals surface area contributed by atoms with E-state index in [1.807, 2.05) is 6.92 Å². The molecular formula is C59H80N21O36P5S+2. The van der Waals surface area contributed by atoms with Gasteiger partial charge >= 0.3 is 56.1 Å². The number of imidazole rings is 5. The lowest BCUT2D eigenvalue weighted by molar-refractivity contribution is -0.746. The number of hydrogen-bond acceptors (Lipinski definition) is 39. The maximum Gasteiger partial charge on any atom is 0.470 e. The van der Waals surface area contributed by atoms with Crippen molar-refractivity contribution in [3.63, 3.8) is 0 Å². The van der Waals surface area contributed by atoms with Crippen LogP contribution < -0.4 is 39.9 Å². The van der Waals surface area contributed by atoms with E-state index in [0.29, 0.717) is 44.5 Å². The van der Waals surface area contributed by atoms with E-state index in [-0.39, 0.29) is 39.7 Å². The molecule has 0 radical (unpaired) electrons. The summed E-state index contributed by atoms with van der Waals surface area (Å²) in [7, 11) is -16.9. The number of aryl methyl sites for hydroxylation is 3. The Hall–Kier alpha value is -8.00. The number of aliphatic hydroxyl groups excluding tert-OH is 10. The third-order valence-corrected chi connectivity index (χ3v) is 22.6. The van der Waals surface area contributed by atoms with Crippen LogP contribution in [0.25, 0.3) is 55.8 Å². The number of phosphoric ester groups is 5. The van der Waals surface area contributed by atoms with E-state index in [2.05, 4.69) is 63.1 Å². The monoisotopic (exact) mass is 1850 g/mol. The van der Waals surface area contributed by atoms with Crippen LogP contribution in [-0.4, -0.2) is 294 Å². The van der Waals surface area contributed by atoms with Crippen LogP contribution in [0.4, 0.5) is 17.3 Å². The molecule has 2 bridgehead atoms. The fourth-order valence-corrected chi connectivity index (χ4v) is 16.4. The van der Waals surface area contributed by atoms with Crippen LogP contribution in [0.2, 0.25) is 0 Å². The first-order chi connectivity index (χ1) is 57.0. The lowest BCUT2D eigenvalue weighted by atomic mass is 10.1. The number of nitrogens with two attached hydrogens (primary N) is 2. The highest BCUT2D eigenvalue weighted by atomic mass is 32.1. The van der Waals surface area contributed by atoms with Crippen LogP contribution in [0.5, 0.6) is 5.75 Å². The van der Waals surface area contributed by atoms with Gasteiger partial charge in [-0.1, -0.05) is 10.7 Å². The van der Waals surface area contributed by atoms with Gasteiger partial charge in [0.15, 0.2) is 76.9 Å². The summed E-state index contributed by atoms with van der Waals surface area (Å²) in [6.07, 6.45) is -13.0. The average Bonchev–Trinajstić information content (AvgIpc) is 1.56. The first-order valence-corrected chi connectivity index (χ1v) is 43.4. The number of aromatic nitrogens is 17. The predicted molar refractivity (Wildman–Crippen MR) is 394 cm³/mol. The Bertz CT molecular complexity index is 5710. The van der Waals surface area contributed by atoms with Gasteiger partial charge in [0.05, 0.1) is 47.6 Å². The molecule has 122 heavy (non-hydrogen) atoms. The number of anilines is 3. The Labute approximate surface area is 686 Å². The molecule has 0 saturated carbocycles. The zero-order chi connectivity index (χ0) is 89.0. The van der Waals surface area contributed by atoms with E-state index >= 15 is 0 Å². The number of ether oxygens (including phenoxy) is 5. The van der Waals surface area contributed by atoms with E-state index in [1.165, 1.54) is 66.6 Å². The molecule has 5 saturated heterocycles. The third kappa shape index (κ3) is 18.8. The van der Waals surface area contributed by atoms with Crippen LogP contribution in [-0.2, 0) is 103 Å². The molecule has 0 amide bonds. The number of pyridine rings is 3. The van der Waals surface area contributed by atoms with Crippen molar-refractivity contribution >= 4 is 131 Å². The number of nitrogen functional groups attached to an aromatic ring is 2. The molecule has 0 aromatic carbocycles. The van der Waals surface area contributed by atoms with Gasteiger partial charge < -0.3 is 153 Å². The van der Waals surface area contributed by atoms with Crippen molar-refractivity contribution in [3.8, 4) is 5.75 Å². The van der Waals surface area contributed by atoms with Crippen LogP contribution in [0.3, 0.4) is 0 Å². The van der Waals surface area contributed by atoms with E-state index < -0.39 is 194 Å². The Morgan fingerprint density at radius 3 is 1.49 bits per heavy atom. The summed E-state index contributed by atoms with van der Waals surface area (Å²) in [6.45, 7) is -0.515. The van der Waals surface area contributed by atoms with Crippen molar-refractivity contribution in [1.82, 2.24) is 62.7 Å². The van der Waals surface area contributed by atoms with Crippen LogP contribution in [0, 0.1) is 0 Å². The molecule has 17 heterocycles. The number of phosphoric acid groups is 5. The number of aliphatic hydroxyl groups is 10. The van der Waals surface area contributed by atoms with Gasteiger partial charge in [-0.2, -0.15) is 0 Å². The highest BCUT2D eigenvalue weighted by Gasteiger charge is 2.57. The molecule has 1 unspecified atom stereocenters. The minimum absolute atomic E-state index is 0.0346. The topological polar surface area (TPSA) is 816 Å². The van der Waals surface area contributed by atoms with E-state index in [4.69, 9.17) is 101 Å². The zero-order valence-corrected chi connectivity index (χ0v) is 68.4. The SMILES string of the molecule is CC1=NN(C)c2ccnc3c2n1c[n+]3[C@@H]1O[C@H](COP(=O)(O)O)[C@@H](O)[C@H]1O.C[n+]1cnc2c(ncn2[C@@H]2O[C@H](COP(=O)(O)O)[C@@H](O)[C@H]2O)c1N.Cn1c[n+]([C@@H]2O[C@H](COP(=O)(O)O)[C@@H](O)[C@H]2O)c2nccc([O-])c21.Cn1c[n+]([C@@H]2O[C@H](COP(=O)(O)O)[C@@H](O)[C@H]2O)c2nccc([S-])c21.Nc1ncnc2c1nc1n2[C@@H]2O[C@H](C1OP(=O)(O)O)[C@@H](O)[C@H]2O. The number of hydrogen-bond donors (Lipinski definition) is 22. The van der Waals surface area contributed by atoms with E-state index in [1.54, 1.807) is 82.5 Å². The van der Waals surface area contributed by atoms with Crippen molar-refractivity contribution < 1.29 is 193 Å². The molecule has 24 N–H and O–H groups in total. The van der Waals surface area contributed by atoms with Crippen LogP contribution in [0.15, 0.2) is 84.8 Å². The summed E-state index contributed by atoms with van der Waals surface area (Å²) < 4.78 is 118. The molecule has 0 spiro atoms. The van der Waals surface area contributed by atoms with Gasteiger partial charge in [-0.15, -0.1) is 24.9 Å². The van der Waals surface area contributed by atoms with Crippen LogP contribution in [0.1, 0.15) is 50.0 Å². The second-order valence-corrected chi connectivity index (χ2v) is 34.5. The van der Waals surface area contributed by atoms with Crippen molar-refractivity contribution in [2.75, 3.05) is 50.0 Å². The largest absolute Gasteiger partial charge is 0.870 e. The standard InChI is InChI=1S/C14H18N5O7P.C12H16N3O8P.C12H16N3O7PS.C11H16N5O7P.C10H12N5O7P/c1-7-16-17(2)8-3-4-15-13-10(8)18(7)6-19(13)14-12(21)11(20)9(26-14)5-25-27(22,23)24;1-14-5-15(11-8(14)6(16)2-3-13-11)12-10(18)9(17)7(23-12)4-22-24(19,20)21;1-14-5-15(11-8(14)7(24)2-3-13-11)12-10(17)9(16)6(22-12)4-21-23(18,19)20;1-15-3-14-10-6(9(15)12)13-4-16(10)11-8(18)7(17)5(23-11)2-22-24(19,20)21;11-7-2-8(13-1-12-7)15-9(14-2)6(22-23(18,19)20)5-3(16)4(17)10(15)21-5/h3-4,6,9,11-12,14,20-21H,5H2,1-2H3,(H-,22,23,24);2-3,5,7,9-10,12,17-18H,4H2,1H3,(H2-,13,16,19,20,21);2-3,5-6,9-10,12,16-17H,4H2,1H3,(H2-,13,18,19,20,24);3-5,7-8,11-12,17-18H,2H2,1H3,(H2,19,20,21);1,3-6,10,16-17H,(H2,11,12,13)(H2,18,19,20)/p+2/t9-,11-,12-,14-;7-,9-,10-,12-;6-,9-,10-,12-;5-,7-,8-,11-;3-,4+,5-,6?,10+/m11110/s1. The Morgan fingerprint density at radius 2 is 0.975 bits per heavy atom. The Balaban J connectivity index is 0.000000132. The van der Waals surface area contributed by atoms with Gasteiger partial charge in [-0.3, -0.25) is 45.9 Å². The van der Waals surface area contributed by atoms with Crippen molar-refractivity contribution in [2.45, 2.75) is 141 Å². The van der Waals surface area contributed by atoms with Crippen LogP contribution >= 0.6 is 39.1 Å². The smallest absolute Gasteiger partial charge is 0.470 e. The van der Waals surface area contributed by atoms with Gasteiger partial charge in [0.25, 0.3) is 5.82 Å². The molecule has 10 aromatic heterocycles. The van der Waals surface area contributed by atoms with Crippen molar-refractivity contribution in [3.05, 3.63) is 80.6 Å². The molecule has 5 fully saturated rings. The summed E-state index contributed by atoms with van der Waals surface area (Å²) in [5.74, 6) is 0.852. The highest BCUT2D eigenvalue weighted by Crippen LogP contribution is 2.52. The van der Waals surface area contributed by atoms with Gasteiger partial charge in [0.2, 0.25) is 36.2 Å². The molecule has 7 aliphatic heterocycles. The number of hydrazone groups is 1. The van der Waals surface area contributed by atoms with E-state index in [9.17, 15) is 79.0 Å². The molecular weight excluding hydrogens is 1770 g/mol. The van der Waals surface area contributed by atoms with E-state index in [0.717, 1.165) is 11.2 Å². The van der Waals surface area contributed by atoms with Gasteiger partial charge in [0, 0.05) is 20.0 Å². The van der Waals surface area contributed by atoms with Gasteiger partial charge in [-0.05, 0) is 12.1 Å². The second-order valence-electron chi connectivity index (χ2n) is 28.0. The zero-order valence-electron chi connectivity index (χ0n) is 63.2. The fourth-order valence-electron chi connectivity index (χ4n) is 14.2. The maximum atomic E-state index is 11.9. The Kier molecular flexibility index (Phi) is 26.4. The summed E-state index contributed by atoms with van der Waals surface area (Å²) in [5.41, 5.74) is 16.4. The molecule has 0 aliphatic carbocycles. The van der Waals surface area contributed by atoms with Crippen molar-refractivity contribution in [1.29, 1.82) is 0 Å². The Morgan fingerprint density at radius 1 is 0.516 bits per heavy atom. The molecule has 666 valence electrons. The molecule has 63 heteroatoms. The summed E-state index contributed by atoms with van der Waals surface area (Å²) in [4.78, 5) is 122. The molecule has 10 aromatic rings. The number of fused-ring (bicyclic) bond motifs is 9. The minimum Gasteiger partial charge on any atom is -0.870 e. The molecule has 21 atom stereocenters. The lowest BCUT2D eigenvalue weighted by Crippen LogP contribution is -2.46. The first kappa shape index (κ1) is 91.7. The molecule has 7 aliphatic rings. The predicted octanol–water partition coefficient (Wildman–Crippen LogP) is -9.40. The normalized spacial score (nSPS) is 28.9. The minimum atomic E-state index is -4.92. The first-order valence-electron chi connectivity index (χ1n) is 35.3. The summed E-state index contributed by atoms with van der Waals surface area (Å²) >= 11 is 5.25. The quantitative estimate of drug-likeness (QED) is 0.0215. The second kappa shape index (κ2) is 35.1. The highest BCUT2D eigenvalue weighted by molar-refractivity contribution is 7.59. The maximum absolute atomic E-state index is 11.9. The summed E-state index contributed by atoms with van der Waals surface area (Å²) in [6, 6.07) is 4.76. The third-order valence-electron chi connectivity index (χ3n) is 19.8. The van der Waals surface area contributed by atoms with Gasteiger partial charge in [-0.25, -0.2) is 65.6 Å². The number of nitrogens with zero attached hydrogens (tertiary/aromatic N) is 19. The summed E-state index contributed by atoms with van der Waals surface area (Å²) in [5, 5.41) is 120. The molecule has 57 nitrogen and oxygen atoms in total. The van der Waals surface area contributed by atoms with Crippen molar-refractivity contribution in [2.24, 2.45) is 26.2 Å². The average molecular weight is 1850 g/mol. The molecule has 17 rings (SSSR count).